The molecule has 3 amide bonds. The van der Waals surface area contributed by atoms with Crippen LogP contribution in [-0.2, 0) is 0 Å². The molecule has 2 aromatic carbocycles. The van der Waals surface area contributed by atoms with Gasteiger partial charge in [0.2, 0.25) is 0 Å². The Morgan fingerprint density at radius 3 is 2.64 bits per heavy atom. The van der Waals surface area contributed by atoms with E-state index in [0.717, 1.165) is 4.47 Å². The number of rotatable bonds is 6. The lowest BCUT2D eigenvalue weighted by Crippen LogP contribution is -2.30. The number of nitrogens with two attached hydrogens (primary N) is 1. The Kier molecular flexibility index (Phi) is 6.79. The van der Waals surface area contributed by atoms with Gasteiger partial charge in [-0.25, -0.2) is 4.79 Å². The van der Waals surface area contributed by atoms with Crippen molar-refractivity contribution >= 4 is 39.2 Å². The summed E-state index contributed by atoms with van der Waals surface area (Å²) in [6.07, 6.45) is 0. The molecule has 0 atom stereocenters. The van der Waals surface area contributed by atoms with Gasteiger partial charge in [-0.1, -0.05) is 22.0 Å². The summed E-state index contributed by atoms with van der Waals surface area (Å²) in [5, 5.41) is 8.05. The first-order chi connectivity index (χ1) is 12.0. The van der Waals surface area contributed by atoms with Crippen LogP contribution in [0.1, 0.15) is 10.4 Å². The van der Waals surface area contributed by atoms with Crippen molar-refractivity contribution in [1.29, 1.82) is 0 Å². The molecule has 0 spiro atoms. The molecule has 0 saturated carbocycles. The maximum absolute atomic E-state index is 12.3. The summed E-state index contributed by atoms with van der Waals surface area (Å²) >= 11 is 3.34. The summed E-state index contributed by atoms with van der Waals surface area (Å²) in [5.41, 5.74) is 6.67. The zero-order valence-electron chi connectivity index (χ0n) is 13.6. The largest absolute Gasteiger partial charge is 0.497 e. The minimum Gasteiger partial charge on any atom is -0.497 e. The van der Waals surface area contributed by atoms with E-state index in [2.05, 4.69) is 31.9 Å². The van der Waals surface area contributed by atoms with Crippen LogP contribution in [0.4, 0.5) is 16.2 Å². The number of amides is 3. The molecule has 0 radical (unpaired) electrons. The Hall–Kier alpha value is -2.58. The predicted octanol–water partition coefficient (Wildman–Crippen LogP) is 2.79. The summed E-state index contributed by atoms with van der Waals surface area (Å²) in [6, 6.07) is 11.5. The second-order valence-electron chi connectivity index (χ2n) is 5.05. The van der Waals surface area contributed by atoms with Crippen molar-refractivity contribution in [1.82, 2.24) is 5.32 Å². The van der Waals surface area contributed by atoms with E-state index in [4.69, 9.17) is 10.5 Å². The Bertz CT molecular complexity index is 767. The van der Waals surface area contributed by atoms with Crippen LogP contribution in [0.25, 0.3) is 0 Å². The molecule has 5 N–H and O–H groups in total. The first-order valence-corrected chi connectivity index (χ1v) is 8.32. The maximum atomic E-state index is 12.3. The molecule has 8 heteroatoms. The number of hydrogen-bond acceptors (Lipinski definition) is 4. The van der Waals surface area contributed by atoms with Gasteiger partial charge in [0, 0.05) is 29.3 Å². The van der Waals surface area contributed by atoms with E-state index in [-0.39, 0.29) is 5.91 Å². The highest BCUT2D eigenvalue weighted by Gasteiger charge is 2.14. The summed E-state index contributed by atoms with van der Waals surface area (Å²) in [5.74, 6) is 0.194. The van der Waals surface area contributed by atoms with Gasteiger partial charge in [-0.05, 0) is 30.3 Å². The highest BCUT2D eigenvalue weighted by Crippen LogP contribution is 2.23. The number of ether oxygens (including phenoxy) is 1. The number of halogens is 1. The molecule has 132 valence electrons. The van der Waals surface area contributed by atoms with Crippen LogP contribution in [0.15, 0.2) is 46.9 Å². The molecule has 0 aliphatic heterocycles. The fraction of sp³-hybridized carbons (Fsp3) is 0.176. The van der Waals surface area contributed by atoms with Crippen LogP contribution in [0.3, 0.4) is 0 Å². The first-order valence-electron chi connectivity index (χ1n) is 7.53. The zero-order chi connectivity index (χ0) is 18.2. The number of carbonyl (C=O) groups excluding carboxylic acids is 2. The smallest absolute Gasteiger partial charge is 0.323 e. The van der Waals surface area contributed by atoms with Crippen molar-refractivity contribution in [2.75, 3.05) is 30.8 Å². The second-order valence-corrected chi connectivity index (χ2v) is 5.96. The highest BCUT2D eigenvalue weighted by molar-refractivity contribution is 9.10. The van der Waals surface area contributed by atoms with Crippen molar-refractivity contribution in [3.63, 3.8) is 0 Å². The van der Waals surface area contributed by atoms with E-state index in [0.29, 0.717) is 35.8 Å². The van der Waals surface area contributed by atoms with E-state index in [1.165, 1.54) is 7.11 Å². The van der Waals surface area contributed by atoms with Gasteiger partial charge in [0.05, 0.1) is 18.4 Å². The zero-order valence-corrected chi connectivity index (χ0v) is 15.2. The lowest BCUT2D eigenvalue weighted by molar-refractivity contribution is 0.0955. The maximum Gasteiger partial charge on any atom is 0.323 e. The van der Waals surface area contributed by atoms with E-state index >= 15 is 0 Å². The van der Waals surface area contributed by atoms with Gasteiger partial charge in [0.1, 0.15) is 5.75 Å². The lowest BCUT2D eigenvalue weighted by atomic mass is 10.1. The number of carbonyl (C=O) groups is 2. The quantitative estimate of drug-likeness (QED) is 0.591. The lowest BCUT2D eigenvalue weighted by Gasteiger charge is -2.13. The van der Waals surface area contributed by atoms with Crippen molar-refractivity contribution in [3.05, 3.63) is 52.5 Å². The molecular formula is C17H19BrN4O3. The van der Waals surface area contributed by atoms with E-state index in [9.17, 15) is 9.59 Å². The molecule has 7 nitrogen and oxygen atoms in total. The fourth-order valence-corrected chi connectivity index (χ4v) is 2.48. The third-order valence-corrected chi connectivity index (χ3v) is 3.73. The van der Waals surface area contributed by atoms with Gasteiger partial charge < -0.3 is 26.4 Å². The highest BCUT2D eigenvalue weighted by atomic mass is 79.9. The van der Waals surface area contributed by atoms with Gasteiger partial charge in [-0.2, -0.15) is 0 Å². The summed E-state index contributed by atoms with van der Waals surface area (Å²) < 4.78 is 6.00. The summed E-state index contributed by atoms with van der Waals surface area (Å²) in [6.45, 7) is 0.669. The van der Waals surface area contributed by atoms with Crippen LogP contribution in [0, 0.1) is 0 Å². The van der Waals surface area contributed by atoms with E-state index < -0.39 is 6.03 Å². The number of hydrogen-bond donors (Lipinski definition) is 4. The Labute approximate surface area is 154 Å². The number of urea groups is 1. The SMILES string of the molecule is COc1ccc(C(=O)NCCN)c(NC(=O)Nc2cccc(Br)c2)c1. The Balaban J connectivity index is 2.18. The molecule has 0 aliphatic rings. The first kappa shape index (κ1) is 18.8. The number of methoxy groups -OCH3 is 1. The van der Waals surface area contributed by atoms with Crippen LogP contribution in [0.2, 0.25) is 0 Å². The molecule has 2 aromatic rings. The van der Waals surface area contributed by atoms with Crippen molar-refractivity contribution in [2.24, 2.45) is 5.73 Å². The minimum absolute atomic E-state index is 0.318. The molecule has 25 heavy (non-hydrogen) atoms. The average molecular weight is 407 g/mol. The van der Waals surface area contributed by atoms with Crippen LogP contribution < -0.4 is 26.4 Å². The molecule has 0 fully saturated rings. The fourth-order valence-electron chi connectivity index (χ4n) is 2.08. The standard InChI is InChI=1S/C17H19BrN4O3/c1-25-13-5-6-14(16(23)20-8-7-19)15(10-13)22-17(24)21-12-4-2-3-11(18)9-12/h2-6,9-10H,7-8,19H2,1H3,(H,20,23)(H2,21,22,24). The third kappa shape index (κ3) is 5.47. The molecular weight excluding hydrogens is 388 g/mol. The monoisotopic (exact) mass is 406 g/mol. The average Bonchev–Trinajstić information content (AvgIpc) is 2.59. The molecule has 0 aliphatic carbocycles. The third-order valence-electron chi connectivity index (χ3n) is 3.23. The van der Waals surface area contributed by atoms with Crippen molar-refractivity contribution in [2.45, 2.75) is 0 Å². The van der Waals surface area contributed by atoms with E-state index in [1.807, 2.05) is 6.07 Å². The normalized spacial score (nSPS) is 10.0. The van der Waals surface area contributed by atoms with Crippen molar-refractivity contribution < 1.29 is 14.3 Å². The molecule has 0 heterocycles. The van der Waals surface area contributed by atoms with Gasteiger partial charge in [0.15, 0.2) is 0 Å². The van der Waals surface area contributed by atoms with E-state index in [1.54, 1.807) is 36.4 Å². The summed E-state index contributed by atoms with van der Waals surface area (Å²) in [7, 11) is 1.51. The second kappa shape index (κ2) is 9.05. The Morgan fingerprint density at radius 1 is 1.16 bits per heavy atom. The predicted molar refractivity (Wildman–Crippen MR) is 101 cm³/mol. The number of nitrogens with one attached hydrogen (secondary N) is 3. The molecule has 0 bridgehead atoms. The van der Waals surface area contributed by atoms with Crippen molar-refractivity contribution in [3.8, 4) is 5.75 Å². The van der Waals surface area contributed by atoms with Gasteiger partial charge >= 0.3 is 6.03 Å². The molecule has 0 aromatic heterocycles. The number of anilines is 2. The topological polar surface area (TPSA) is 105 Å². The minimum atomic E-state index is -0.473. The van der Waals surface area contributed by atoms with Gasteiger partial charge in [-0.3, -0.25) is 4.79 Å². The van der Waals surface area contributed by atoms with Crippen LogP contribution in [-0.4, -0.2) is 32.1 Å². The molecule has 2 rings (SSSR count). The molecule has 0 unspecified atom stereocenters. The van der Waals surface area contributed by atoms with Crippen LogP contribution in [0.5, 0.6) is 5.75 Å². The number of benzene rings is 2. The Morgan fingerprint density at radius 2 is 1.96 bits per heavy atom. The molecule has 0 saturated heterocycles. The van der Waals surface area contributed by atoms with Gasteiger partial charge in [0.25, 0.3) is 5.91 Å². The van der Waals surface area contributed by atoms with Gasteiger partial charge in [-0.15, -0.1) is 0 Å². The summed E-state index contributed by atoms with van der Waals surface area (Å²) in [4.78, 5) is 24.5. The van der Waals surface area contributed by atoms with Crippen LogP contribution >= 0.6 is 15.9 Å².